The van der Waals surface area contributed by atoms with Crippen LogP contribution < -0.4 is 15.5 Å². The molecule has 3 heterocycles. The van der Waals surface area contributed by atoms with E-state index in [1.807, 2.05) is 6.07 Å². The summed E-state index contributed by atoms with van der Waals surface area (Å²) < 4.78 is 13.4. The zero-order valence-electron chi connectivity index (χ0n) is 18.6. The van der Waals surface area contributed by atoms with E-state index in [0.29, 0.717) is 28.8 Å². The van der Waals surface area contributed by atoms with Gasteiger partial charge in [0.05, 0.1) is 24.4 Å². The molecule has 0 aliphatic carbocycles. The number of aryl methyl sites for hydroxylation is 1. The average Bonchev–Trinajstić information content (AvgIpc) is 3.12. The molecule has 2 fully saturated rings. The summed E-state index contributed by atoms with van der Waals surface area (Å²) in [4.78, 5) is 45.9. The first-order chi connectivity index (χ1) is 16.0. The molecule has 178 valence electrons. The number of hydrogen-bond donors (Lipinski definition) is 2. The quantitative estimate of drug-likeness (QED) is 0.561. The molecule has 2 aliphatic rings. The van der Waals surface area contributed by atoms with Crippen LogP contribution in [-0.2, 0) is 21.6 Å². The summed E-state index contributed by atoms with van der Waals surface area (Å²) in [6.07, 6.45) is 0.847. The second-order valence-corrected chi connectivity index (χ2v) is 8.24. The second kappa shape index (κ2) is 10.2. The van der Waals surface area contributed by atoms with E-state index in [2.05, 4.69) is 30.5 Å². The van der Waals surface area contributed by atoms with Crippen molar-refractivity contribution in [3.05, 3.63) is 18.2 Å². The van der Waals surface area contributed by atoms with Gasteiger partial charge in [-0.1, -0.05) is 6.07 Å². The Hall–Kier alpha value is -3.09. The number of nitrogens with zero attached hydrogens (tertiary/aromatic N) is 5. The van der Waals surface area contributed by atoms with Crippen LogP contribution in [0.1, 0.15) is 12.8 Å². The van der Waals surface area contributed by atoms with E-state index >= 15 is 0 Å². The van der Waals surface area contributed by atoms with Gasteiger partial charge in [0.2, 0.25) is 11.8 Å². The number of hydrogen-bond acceptors (Lipinski definition) is 7. The summed E-state index contributed by atoms with van der Waals surface area (Å²) in [5.74, 6) is 0.00720. The molecule has 12 heteroatoms. The Morgan fingerprint density at radius 2 is 1.94 bits per heavy atom. The van der Waals surface area contributed by atoms with Crippen molar-refractivity contribution >= 4 is 40.3 Å². The van der Waals surface area contributed by atoms with Gasteiger partial charge in [0.25, 0.3) is 0 Å². The number of anilines is 2. The van der Waals surface area contributed by atoms with Crippen molar-refractivity contribution in [2.24, 2.45) is 7.05 Å². The summed E-state index contributed by atoms with van der Waals surface area (Å²) in [5, 5.41) is 10.5. The van der Waals surface area contributed by atoms with Crippen LogP contribution in [-0.4, -0.2) is 89.8 Å². The molecule has 4 rings (SSSR count). The Bertz CT molecular complexity index is 1040. The molecule has 4 amide bonds. The third kappa shape index (κ3) is 5.29. The third-order valence-corrected chi connectivity index (χ3v) is 5.96. The molecule has 2 saturated heterocycles. The number of rotatable bonds is 8. The van der Waals surface area contributed by atoms with Crippen LogP contribution in [0, 0.1) is 0 Å². The van der Waals surface area contributed by atoms with E-state index in [1.54, 1.807) is 23.9 Å². The molecule has 11 nitrogen and oxygen atoms in total. The van der Waals surface area contributed by atoms with Crippen LogP contribution >= 0.6 is 0 Å². The minimum absolute atomic E-state index is 0.102. The Kier molecular flexibility index (Phi) is 7.16. The zero-order chi connectivity index (χ0) is 23.4. The molecule has 1 aromatic heterocycles. The predicted molar refractivity (Wildman–Crippen MR) is 119 cm³/mol. The number of para-hydroxylation sites is 1. The first-order valence-corrected chi connectivity index (χ1v) is 11.0. The standard InChI is InChI=1S/C21H28FN7O4/c1-26-19-15(20(25-26)29-8-6-17(30)24-21(29)32)4-2-5-16(19)23-18(31)14-28-11-9-27(10-12-28)7-3-13-33-22/h2,4-5H,3,6-14H2,1H3,(H,23,31)(H,24,30,32). The lowest BCUT2D eigenvalue weighted by Gasteiger charge is -2.34. The normalized spacial score (nSPS) is 18.1. The smallest absolute Gasteiger partial charge is 0.323 e. The van der Waals surface area contributed by atoms with Crippen LogP contribution in [0.25, 0.3) is 10.9 Å². The highest BCUT2D eigenvalue weighted by molar-refractivity contribution is 6.11. The van der Waals surface area contributed by atoms with Gasteiger partial charge in [0, 0.05) is 58.1 Å². The van der Waals surface area contributed by atoms with Crippen molar-refractivity contribution in [3.63, 3.8) is 0 Å². The maximum atomic E-state index is 12.8. The van der Waals surface area contributed by atoms with E-state index in [4.69, 9.17) is 0 Å². The molecule has 0 unspecified atom stereocenters. The molecule has 1 aromatic carbocycles. The molecule has 0 spiro atoms. The SMILES string of the molecule is Cn1nc(N2CCC(=O)NC2=O)c2cccc(NC(=O)CN3CCN(CCCOF)CC3)c21. The minimum atomic E-state index is -0.503. The highest BCUT2D eigenvalue weighted by Gasteiger charge is 2.28. The average molecular weight is 461 g/mol. The predicted octanol–water partition coefficient (Wildman–Crippen LogP) is 0.867. The molecule has 33 heavy (non-hydrogen) atoms. The number of piperazine rings is 1. The lowest BCUT2D eigenvalue weighted by atomic mass is 10.2. The molecule has 0 saturated carbocycles. The number of amides is 4. The molecule has 2 aromatic rings. The van der Waals surface area contributed by atoms with E-state index < -0.39 is 6.03 Å². The fourth-order valence-electron chi connectivity index (χ4n) is 4.29. The van der Waals surface area contributed by atoms with Gasteiger partial charge >= 0.3 is 6.03 Å². The number of fused-ring (bicyclic) bond motifs is 1. The molecule has 0 radical (unpaired) electrons. The van der Waals surface area contributed by atoms with Crippen molar-refractivity contribution < 1.29 is 23.9 Å². The van der Waals surface area contributed by atoms with E-state index in [1.165, 1.54) is 4.90 Å². The molecule has 0 bridgehead atoms. The Morgan fingerprint density at radius 1 is 1.18 bits per heavy atom. The highest BCUT2D eigenvalue weighted by Crippen LogP contribution is 2.31. The van der Waals surface area contributed by atoms with Crippen LogP contribution in [0.3, 0.4) is 0 Å². The van der Waals surface area contributed by atoms with Crippen molar-refractivity contribution in [2.45, 2.75) is 12.8 Å². The third-order valence-electron chi connectivity index (χ3n) is 5.96. The lowest BCUT2D eigenvalue weighted by Crippen LogP contribution is -2.49. The second-order valence-electron chi connectivity index (χ2n) is 8.24. The van der Waals surface area contributed by atoms with E-state index in [-0.39, 0.29) is 37.9 Å². The number of nitrogens with one attached hydrogen (secondary N) is 2. The maximum absolute atomic E-state index is 12.8. The summed E-state index contributed by atoms with van der Waals surface area (Å²) >= 11 is 0. The largest absolute Gasteiger partial charge is 0.329 e. The van der Waals surface area contributed by atoms with Gasteiger partial charge < -0.3 is 10.2 Å². The zero-order valence-corrected chi connectivity index (χ0v) is 18.6. The van der Waals surface area contributed by atoms with E-state index in [0.717, 1.165) is 32.7 Å². The molecular formula is C21H28FN7O4. The summed E-state index contributed by atoms with van der Waals surface area (Å²) in [6.45, 7) is 4.54. The van der Waals surface area contributed by atoms with Crippen molar-refractivity contribution in [1.82, 2.24) is 24.9 Å². The van der Waals surface area contributed by atoms with Gasteiger partial charge in [-0.15, -0.1) is 0 Å². The Labute approximate surface area is 190 Å². The van der Waals surface area contributed by atoms with E-state index in [9.17, 15) is 18.9 Å². The van der Waals surface area contributed by atoms with Crippen LogP contribution in [0.2, 0.25) is 0 Å². The van der Waals surface area contributed by atoms with Crippen molar-refractivity contribution in [3.8, 4) is 0 Å². The Balaban J connectivity index is 1.40. The topological polar surface area (TPSA) is 112 Å². The Morgan fingerprint density at radius 3 is 2.67 bits per heavy atom. The van der Waals surface area contributed by atoms with Gasteiger partial charge in [0.1, 0.15) is 0 Å². The number of carbonyl (C=O) groups is 3. The first-order valence-electron chi connectivity index (χ1n) is 11.0. The number of carbonyl (C=O) groups excluding carboxylic acids is 3. The lowest BCUT2D eigenvalue weighted by molar-refractivity contribution is -0.134. The van der Waals surface area contributed by atoms with Gasteiger partial charge in [-0.2, -0.15) is 10.0 Å². The van der Waals surface area contributed by atoms with Gasteiger partial charge in [-0.25, -0.2) is 4.79 Å². The number of aromatic nitrogens is 2. The molecule has 0 atom stereocenters. The van der Waals surface area contributed by atoms with Crippen LogP contribution in [0.4, 0.5) is 20.8 Å². The molecule has 2 N–H and O–H groups in total. The van der Waals surface area contributed by atoms with Gasteiger partial charge in [-0.3, -0.25) is 29.4 Å². The van der Waals surface area contributed by atoms with Crippen LogP contribution in [0.15, 0.2) is 18.2 Å². The summed E-state index contributed by atoms with van der Waals surface area (Å²) in [5.41, 5.74) is 1.31. The summed E-state index contributed by atoms with van der Waals surface area (Å²) in [7, 11) is 1.75. The number of imide groups is 1. The summed E-state index contributed by atoms with van der Waals surface area (Å²) in [6, 6.07) is 4.94. The van der Waals surface area contributed by atoms with Gasteiger partial charge in [-0.05, 0) is 23.1 Å². The number of halogens is 1. The minimum Gasteiger partial charge on any atom is -0.323 e. The highest BCUT2D eigenvalue weighted by atomic mass is 19.3. The number of urea groups is 1. The fourth-order valence-corrected chi connectivity index (χ4v) is 4.29. The number of benzene rings is 1. The maximum Gasteiger partial charge on any atom is 0.329 e. The van der Waals surface area contributed by atoms with Crippen LogP contribution in [0.5, 0.6) is 0 Å². The monoisotopic (exact) mass is 461 g/mol. The molecule has 2 aliphatic heterocycles. The first kappa shape index (κ1) is 23.1. The van der Waals surface area contributed by atoms with Gasteiger partial charge in [0.15, 0.2) is 5.82 Å². The van der Waals surface area contributed by atoms with Crippen molar-refractivity contribution in [1.29, 1.82) is 0 Å². The van der Waals surface area contributed by atoms with Crippen molar-refractivity contribution in [2.75, 3.05) is 62.6 Å². The fraction of sp³-hybridized carbons (Fsp3) is 0.524. The molecular weight excluding hydrogens is 433 g/mol.